The number of amides is 2. The monoisotopic (exact) mass is 618 g/mol. The van der Waals surface area contributed by atoms with Crippen LogP contribution in [0.1, 0.15) is 49.4 Å². The fourth-order valence-corrected chi connectivity index (χ4v) is 6.79. The molecule has 2 aromatic heterocycles. The van der Waals surface area contributed by atoms with Crippen molar-refractivity contribution in [1.29, 1.82) is 0 Å². The molecule has 3 heterocycles. The van der Waals surface area contributed by atoms with Crippen LogP contribution in [0.25, 0.3) is 44.3 Å². The van der Waals surface area contributed by atoms with Crippen molar-refractivity contribution in [3.63, 3.8) is 0 Å². The maximum Gasteiger partial charge on any atom is 0.254 e. The zero-order valence-electron chi connectivity index (χ0n) is 27.4. The summed E-state index contributed by atoms with van der Waals surface area (Å²) in [5.41, 5.74) is 10.7. The summed E-state index contributed by atoms with van der Waals surface area (Å²) in [4.78, 5) is 42.6. The maximum atomic E-state index is 14.4. The van der Waals surface area contributed by atoms with E-state index >= 15 is 0 Å². The van der Waals surface area contributed by atoms with Gasteiger partial charge in [-0.25, -0.2) is 9.97 Å². The minimum Gasteiger partial charge on any atom is -0.337 e. The van der Waals surface area contributed by atoms with Crippen molar-refractivity contribution in [3.05, 3.63) is 130 Å². The molecule has 6 nitrogen and oxygen atoms in total. The van der Waals surface area contributed by atoms with E-state index in [4.69, 9.17) is 9.97 Å². The third-order valence-electron chi connectivity index (χ3n) is 9.42. The van der Waals surface area contributed by atoms with Crippen LogP contribution >= 0.6 is 0 Å². The smallest absolute Gasteiger partial charge is 0.254 e. The predicted octanol–water partition coefficient (Wildman–Crippen LogP) is 8.34. The standard InChI is InChI=1S/C41H38N4O2/c1-26-14-18-30(19-15-26)38-28(3)36(32-10-5-7-12-34(32)42-38)40(46)44-22-9-23-45(25-24-44)41(47)37-29(4)39(31-20-16-27(2)17-21-31)43-35-13-8-6-11-33(35)37/h5-8,10-21H,9,22-25H2,1-4H3. The van der Waals surface area contributed by atoms with Crippen LogP contribution in [0.2, 0.25) is 0 Å². The Labute approximate surface area is 275 Å². The van der Waals surface area contributed by atoms with Crippen LogP contribution in [0, 0.1) is 27.7 Å². The van der Waals surface area contributed by atoms with E-state index in [2.05, 4.69) is 62.4 Å². The zero-order chi connectivity index (χ0) is 32.7. The third kappa shape index (κ3) is 5.65. The Kier molecular flexibility index (Phi) is 8.02. The van der Waals surface area contributed by atoms with Gasteiger partial charge in [-0.1, -0.05) is 96.1 Å². The molecule has 1 aliphatic rings. The molecule has 47 heavy (non-hydrogen) atoms. The van der Waals surface area contributed by atoms with Crippen molar-refractivity contribution in [2.24, 2.45) is 0 Å². The number of hydrogen-bond donors (Lipinski definition) is 0. The summed E-state index contributed by atoms with van der Waals surface area (Å²) in [6.07, 6.45) is 0.692. The van der Waals surface area contributed by atoms with Crippen LogP contribution in [0.3, 0.4) is 0 Å². The van der Waals surface area contributed by atoms with Gasteiger partial charge >= 0.3 is 0 Å². The normalized spacial score (nSPS) is 13.6. The molecule has 1 saturated heterocycles. The highest BCUT2D eigenvalue weighted by Gasteiger charge is 2.29. The molecule has 7 rings (SSSR count). The minimum absolute atomic E-state index is 0.0176. The Morgan fingerprint density at radius 1 is 0.511 bits per heavy atom. The van der Waals surface area contributed by atoms with Crippen molar-refractivity contribution in [2.75, 3.05) is 26.2 Å². The van der Waals surface area contributed by atoms with E-state index in [9.17, 15) is 9.59 Å². The van der Waals surface area contributed by atoms with Crippen LogP contribution in [-0.4, -0.2) is 57.8 Å². The molecule has 0 bridgehead atoms. The van der Waals surface area contributed by atoms with Gasteiger partial charge in [0.2, 0.25) is 0 Å². The lowest BCUT2D eigenvalue weighted by Gasteiger charge is -2.25. The molecule has 0 spiro atoms. The number of fused-ring (bicyclic) bond motifs is 2. The van der Waals surface area contributed by atoms with Crippen LogP contribution in [0.15, 0.2) is 97.1 Å². The molecule has 0 N–H and O–H groups in total. The largest absolute Gasteiger partial charge is 0.337 e. The van der Waals surface area contributed by atoms with Crippen LogP contribution in [0.5, 0.6) is 0 Å². The van der Waals surface area contributed by atoms with Crippen LogP contribution in [0.4, 0.5) is 0 Å². The number of carbonyl (C=O) groups is 2. The van der Waals surface area contributed by atoms with Gasteiger partial charge in [0.25, 0.3) is 11.8 Å². The first-order valence-corrected chi connectivity index (χ1v) is 16.3. The van der Waals surface area contributed by atoms with E-state index in [1.54, 1.807) is 0 Å². The Bertz CT molecular complexity index is 2000. The number of pyridine rings is 2. The van der Waals surface area contributed by atoms with Gasteiger partial charge in [0.05, 0.1) is 33.5 Å². The number of rotatable bonds is 4. The van der Waals surface area contributed by atoms with Gasteiger partial charge in [0.1, 0.15) is 0 Å². The molecule has 0 radical (unpaired) electrons. The molecule has 1 fully saturated rings. The van der Waals surface area contributed by atoms with Gasteiger partial charge in [-0.3, -0.25) is 9.59 Å². The van der Waals surface area contributed by atoms with Gasteiger partial charge < -0.3 is 9.80 Å². The summed E-state index contributed by atoms with van der Waals surface area (Å²) in [6.45, 7) is 10.2. The Hall–Kier alpha value is -5.36. The van der Waals surface area contributed by atoms with E-state index in [1.807, 2.05) is 72.2 Å². The first-order chi connectivity index (χ1) is 22.8. The van der Waals surface area contributed by atoms with Crippen LogP contribution in [-0.2, 0) is 0 Å². The number of carbonyl (C=O) groups excluding carboxylic acids is 2. The van der Waals surface area contributed by atoms with E-state index < -0.39 is 0 Å². The molecule has 0 atom stereocenters. The molecule has 4 aromatic carbocycles. The lowest BCUT2D eigenvalue weighted by atomic mass is 9.96. The second-order valence-corrected chi connectivity index (χ2v) is 12.6. The minimum atomic E-state index is -0.0176. The van der Waals surface area contributed by atoms with Gasteiger partial charge in [-0.15, -0.1) is 0 Å². The van der Waals surface area contributed by atoms with Crippen LogP contribution < -0.4 is 0 Å². The van der Waals surface area contributed by atoms with Crippen molar-refractivity contribution in [1.82, 2.24) is 19.8 Å². The zero-order valence-corrected chi connectivity index (χ0v) is 27.4. The molecular weight excluding hydrogens is 580 g/mol. The predicted molar refractivity (Wildman–Crippen MR) is 190 cm³/mol. The van der Waals surface area contributed by atoms with Gasteiger partial charge in [-0.2, -0.15) is 0 Å². The molecular formula is C41H38N4O2. The molecule has 1 aliphatic heterocycles. The summed E-state index contributed by atoms with van der Waals surface area (Å²) < 4.78 is 0. The van der Waals surface area contributed by atoms with Crippen molar-refractivity contribution in [3.8, 4) is 22.5 Å². The van der Waals surface area contributed by atoms with Gasteiger partial charge in [0.15, 0.2) is 0 Å². The number of nitrogens with zero attached hydrogens (tertiary/aromatic N) is 4. The average molecular weight is 619 g/mol. The number of aromatic nitrogens is 2. The molecule has 6 heteroatoms. The second kappa shape index (κ2) is 12.4. The van der Waals surface area contributed by atoms with E-state index in [1.165, 1.54) is 11.1 Å². The first kappa shape index (κ1) is 30.3. The topological polar surface area (TPSA) is 66.4 Å². The summed E-state index contributed by atoms with van der Waals surface area (Å²) in [5.74, 6) is -0.0353. The highest BCUT2D eigenvalue weighted by atomic mass is 16.2. The quantitative estimate of drug-likeness (QED) is 0.199. The highest BCUT2D eigenvalue weighted by molar-refractivity contribution is 6.10. The van der Waals surface area contributed by atoms with Crippen molar-refractivity contribution in [2.45, 2.75) is 34.1 Å². The number of aryl methyl sites for hydroxylation is 2. The number of para-hydroxylation sites is 2. The number of benzene rings is 4. The lowest BCUT2D eigenvalue weighted by Crippen LogP contribution is -2.38. The Morgan fingerprint density at radius 2 is 0.894 bits per heavy atom. The highest BCUT2D eigenvalue weighted by Crippen LogP contribution is 2.33. The Morgan fingerprint density at radius 3 is 1.30 bits per heavy atom. The third-order valence-corrected chi connectivity index (χ3v) is 9.42. The average Bonchev–Trinajstić information content (AvgIpc) is 3.35. The fourth-order valence-electron chi connectivity index (χ4n) is 6.79. The molecule has 6 aromatic rings. The maximum absolute atomic E-state index is 14.4. The SMILES string of the molecule is Cc1ccc(-c2nc3ccccc3c(C(=O)N3CCCN(C(=O)c4c(C)c(-c5ccc(C)cc5)nc5ccccc45)CC3)c2C)cc1. The number of hydrogen-bond acceptors (Lipinski definition) is 4. The summed E-state index contributed by atoms with van der Waals surface area (Å²) >= 11 is 0. The first-order valence-electron chi connectivity index (χ1n) is 16.3. The molecule has 0 unspecified atom stereocenters. The molecule has 234 valence electrons. The molecule has 0 saturated carbocycles. The summed E-state index contributed by atoms with van der Waals surface area (Å²) in [5, 5.41) is 1.70. The van der Waals surface area contributed by atoms with Crippen molar-refractivity contribution < 1.29 is 9.59 Å². The van der Waals surface area contributed by atoms with E-state index in [0.29, 0.717) is 43.7 Å². The summed E-state index contributed by atoms with van der Waals surface area (Å²) in [6, 6.07) is 32.3. The van der Waals surface area contributed by atoms with E-state index in [-0.39, 0.29) is 11.8 Å². The van der Waals surface area contributed by atoms with Gasteiger partial charge in [0, 0.05) is 48.1 Å². The lowest BCUT2D eigenvalue weighted by molar-refractivity contribution is 0.0720. The Balaban J connectivity index is 1.21. The molecule has 2 amide bonds. The van der Waals surface area contributed by atoms with Gasteiger partial charge in [-0.05, 0) is 57.4 Å². The fraction of sp³-hybridized carbons (Fsp3) is 0.220. The van der Waals surface area contributed by atoms with Crippen molar-refractivity contribution >= 4 is 33.6 Å². The molecule has 0 aliphatic carbocycles. The second-order valence-electron chi connectivity index (χ2n) is 12.6. The summed E-state index contributed by atoms with van der Waals surface area (Å²) in [7, 11) is 0. The van der Waals surface area contributed by atoms with E-state index in [0.717, 1.165) is 55.4 Å².